The van der Waals surface area contributed by atoms with Crippen LogP contribution in [0.15, 0.2) is 66.9 Å². The van der Waals surface area contributed by atoms with Crippen molar-refractivity contribution < 1.29 is 4.79 Å². The zero-order valence-corrected chi connectivity index (χ0v) is 18.2. The molecule has 3 rings (SSSR count). The molecule has 0 aliphatic carbocycles. The Kier molecular flexibility index (Phi) is 6.58. The van der Waals surface area contributed by atoms with Crippen molar-refractivity contribution in [2.24, 2.45) is 5.92 Å². The van der Waals surface area contributed by atoms with Gasteiger partial charge < -0.3 is 9.47 Å². The van der Waals surface area contributed by atoms with Crippen LogP contribution in [0.25, 0.3) is 0 Å². The van der Waals surface area contributed by atoms with Gasteiger partial charge in [-0.3, -0.25) is 4.79 Å². The molecule has 152 valence electrons. The molecule has 0 unspecified atom stereocenters. The van der Waals surface area contributed by atoms with Gasteiger partial charge in [0.2, 0.25) is 0 Å². The molecule has 3 aromatic rings. The van der Waals surface area contributed by atoms with Crippen LogP contribution in [-0.2, 0) is 13.1 Å². The van der Waals surface area contributed by atoms with Crippen LogP contribution >= 0.6 is 0 Å². The van der Waals surface area contributed by atoms with Gasteiger partial charge in [-0.25, -0.2) is 0 Å². The van der Waals surface area contributed by atoms with Crippen molar-refractivity contribution in [1.29, 1.82) is 0 Å². The van der Waals surface area contributed by atoms with E-state index in [-0.39, 0.29) is 11.9 Å². The maximum atomic E-state index is 13.5. The van der Waals surface area contributed by atoms with Crippen LogP contribution < -0.4 is 0 Å². The molecule has 0 N–H and O–H groups in total. The Labute approximate surface area is 175 Å². The molecular formula is C26H32N2O. The molecule has 29 heavy (non-hydrogen) atoms. The molecule has 0 aliphatic rings. The molecule has 0 aliphatic heterocycles. The van der Waals surface area contributed by atoms with E-state index in [1.54, 1.807) is 0 Å². The van der Waals surface area contributed by atoms with Crippen molar-refractivity contribution in [3.05, 3.63) is 94.8 Å². The summed E-state index contributed by atoms with van der Waals surface area (Å²) in [5.74, 6) is 0.482. The Morgan fingerprint density at radius 2 is 1.72 bits per heavy atom. The number of hydrogen-bond donors (Lipinski definition) is 0. The average molecular weight is 389 g/mol. The molecule has 1 aromatic heterocycles. The molecule has 0 saturated heterocycles. The van der Waals surface area contributed by atoms with Gasteiger partial charge in [-0.2, -0.15) is 0 Å². The summed E-state index contributed by atoms with van der Waals surface area (Å²) in [6.45, 7) is 12.0. The van der Waals surface area contributed by atoms with Crippen molar-refractivity contribution >= 4 is 5.91 Å². The van der Waals surface area contributed by atoms with Crippen molar-refractivity contribution in [2.45, 2.75) is 53.8 Å². The van der Waals surface area contributed by atoms with E-state index in [1.807, 2.05) is 36.1 Å². The number of carbonyl (C=O) groups is 1. The lowest BCUT2D eigenvalue weighted by atomic mass is 10.0. The fourth-order valence-electron chi connectivity index (χ4n) is 3.66. The van der Waals surface area contributed by atoms with Crippen LogP contribution in [0.2, 0.25) is 0 Å². The SMILES string of the molecule is Cc1cccc(Cn2cccc2CN(C(=O)c2ccccc2C)[C@@H](C)C(C)C)c1. The third-order valence-corrected chi connectivity index (χ3v) is 5.78. The molecular weight excluding hydrogens is 356 g/mol. The van der Waals surface area contributed by atoms with Gasteiger partial charge >= 0.3 is 0 Å². The summed E-state index contributed by atoms with van der Waals surface area (Å²) in [6, 6.07) is 20.8. The first-order chi connectivity index (χ1) is 13.9. The minimum atomic E-state index is 0.104. The Morgan fingerprint density at radius 3 is 2.41 bits per heavy atom. The van der Waals surface area contributed by atoms with Crippen LogP contribution in [-0.4, -0.2) is 21.4 Å². The smallest absolute Gasteiger partial charge is 0.254 e. The Hall–Kier alpha value is -2.81. The van der Waals surface area contributed by atoms with Gasteiger partial charge in [0.05, 0.1) is 6.54 Å². The van der Waals surface area contributed by atoms with Gasteiger partial charge in [0.15, 0.2) is 0 Å². The summed E-state index contributed by atoms with van der Waals surface area (Å²) in [5, 5.41) is 0. The zero-order chi connectivity index (χ0) is 21.0. The fraction of sp³-hybridized carbons (Fsp3) is 0.346. The molecule has 0 bridgehead atoms. The van der Waals surface area contributed by atoms with Gasteiger partial charge in [0.1, 0.15) is 0 Å². The number of aryl methyl sites for hydroxylation is 2. The van der Waals surface area contributed by atoms with Gasteiger partial charge in [0, 0.05) is 30.0 Å². The normalized spacial score (nSPS) is 12.2. The summed E-state index contributed by atoms with van der Waals surface area (Å²) in [4.78, 5) is 15.5. The lowest BCUT2D eigenvalue weighted by Crippen LogP contribution is -2.41. The lowest BCUT2D eigenvalue weighted by Gasteiger charge is -2.33. The number of nitrogens with zero attached hydrogens (tertiary/aromatic N) is 2. The van der Waals surface area contributed by atoms with E-state index < -0.39 is 0 Å². The average Bonchev–Trinajstić information content (AvgIpc) is 3.12. The van der Waals surface area contributed by atoms with E-state index in [2.05, 4.69) is 74.9 Å². The highest BCUT2D eigenvalue weighted by Gasteiger charge is 2.25. The van der Waals surface area contributed by atoms with Gasteiger partial charge in [-0.05, 0) is 56.0 Å². The van der Waals surface area contributed by atoms with Crippen LogP contribution in [0.3, 0.4) is 0 Å². The van der Waals surface area contributed by atoms with Crippen molar-refractivity contribution in [3.63, 3.8) is 0 Å². The maximum Gasteiger partial charge on any atom is 0.254 e. The summed E-state index contributed by atoms with van der Waals surface area (Å²) in [5.41, 5.74) is 5.50. The van der Waals surface area contributed by atoms with E-state index >= 15 is 0 Å². The van der Waals surface area contributed by atoms with Crippen molar-refractivity contribution in [1.82, 2.24) is 9.47 Å². The molecule has 0 fully saturated rings. The molecule has 3 nitrogen and oxygen atoms in total. The maximum absolute atomic E-state index is 13.5. The Balaban J connectivity index is 1.88. The van der Waals surface area contributed by atoms with E-state index in [9.17, 15) is 4.79 Å². The van der Waals surface area contributed by atoms with Gasteiger partial charge in [0.25, 0.3) is 5.91 Å². The van der Waals surface area contributed by atoms with Crippen LogP contribution in [0, 0.1) is 19.8 Å². The minimum Gasteiger partial charge on any atom is -0.345 e. The zero-order valence-electron chi connectivity index (χ0n) is 18.2. The second-order valence-corrected chi connectivity index (χ2v) is 8.35. The van der Waals surface area contributed by atoms with Crippen molar-refractivity contribution in [2.75, 3.05) is 0 Å². The van der Waals surface area contributed by atoms with E-state index in [4.69, 9.17) is 0 Å². The molecule has 0 saturated carbocycles. The van der Waals surface area contributed by atoms with E-state index in [0.29, 0.717) is 12.5 Å². The fourth-order valence-corrected chi connectivity index (χ4v) is 3.66. The number of rotatable bonds is 7. The summed E-state index contributed by atoms with van der Waals surface area (Å²) >= 11 is 0. The number of amides is 1. The van der Waals surface area contributed by atoms with Crippen molar-refractivity contribution in [3.8, 4) is 0 Å². The molecule has 1 heterocycles. The number of aromatic nitrogens is 1. The van der Waals surface area contributed by atoms with Crippen LogP contribution in [0.4, 0.5) is 0 Å². The second kappa shape index (κ2) is 9.13. The molecule has 1 atom stereocenters. The quantitative estimate of drug-likeness (QED) is 0.499. The van der Waals surface area contributed by atoms with Crippen LogP contribution in [0.1, 0.15) is 53.5 Å². The molecule has 2 aromatic carbocycles. The standard InChI is InChI=1S/C26H32N2O/c1-19(2)22(5)28(26(29)25-14-7-6-11-21(25)4)18-24-13-9-15-27(24)17-23-12-8-10-20(3)16-23/h6-16,19,22H,17-18H2,1-5H3/t22-/m0/s1. The lowest BCUT2D eigenvalue weighted by molar-refractivity contribution is 0.0622. The first-order valence-electron chi connectivity index (χ1n) is 10.4. The Bertz CT molecular complexity index is 970. The molecule has 0 radical (unpaired) electrons. The van der Waals surface area contributed by atoms with Crippen LogP contribution in [0.5, 0.6) is 0 Å². The highest BCUT2D eigenvalue weighted by molar-refractivity contribution is 5.95. The third-order valence-electron chi connectivity index (χ3n) is 5.78. The topological polar surface area (TPSA) is 25.2 Å². The second-order valence-electron chi connectivity index (χ2n) is 8.35. The molecule has 0 spiro atoms. The molecule has 3 heteroatoms. The first-order valence-corrected chi connectivity index (χ1v) is 10.4. The summed E-state index contributed by atoms with van der Waals surface area (Å²) in [6.07, 6.45) is 2.11. The summed E-state index contributed by atoms with van der Waals surface area (Å²) < 4.78 is 2.25. The molecule has 1 amide bonds. The number of carbonyl (C=O) groups excluding carboxylic acids is 1. The largest absolute Gasteiger partial charge is 0.345 e. The van der Waals surface area contributed by atoms with E-state index in [0.717, 1.165) is 23.4 Å². The predicted molar refractivity (Wildman–Crippen MR) is 120 cm³/mol. The number of benzene rings is 2. The minimum absolute atomic E-state index is 0.104. The highest BCUT2D eigenvalue weighted by Crippen LogP contribution is 2.21. The monoisotopic (exact) mass is 388 g/mol. The predicted octanol–water partition coefficient (Wildman–Crippen LogP) is 5.84. The van der Waals surface area contributed by atoms with E-state index in [1.165, 1.54) is 11.1 Å². The van der Waals surface area contributed by atoms with Gasteiger partial charge in [-0.15, -0.1) is 0 Å². The Morgan fingerprint density at radius 1 is 0.966 bits per heavy atom. The summed E-state index contributed by atoms with van der Waals surface area (Å²) in [7, 11) is 0. The first kappa shape index (κ1) is 20.9. The highest BCUT2D eigenvalue weighted by atomic mass is 16.2. The van der Waals surface area contributed by atoms with Gasteiger partial charge in [-0.1, -0.05) is 61.9 Å². The third kappa shape index (κ3) is 4.97. The number of hydrogen-bond acceptors (Lipinski definition) is 1.